The van der Waals surface area contributed by atoms with E-state index < -0.39 is 23.5 Å². The van der Waals surface area contributed by atoms with Gasteiger partial charge in [0.15, 0.2) is 0 Å². The van der Waals surface area contributed by atoms with Crippen LogP contribution in [0.1, 0.15) is 157 Å². The minimum Gasteiger partial charge on any atom is -0.493 e. The smallest absolute Gasteiger partial charge is 0.346 e. The van der Waals surface area contributed by atoms with E-state index in [1.165, 1.54) is 12.2 Å². The highest BCUT2D eigenvalue weighted by molar-refractivity contribution is 5.98. The highest BCUT2D eigenvalue weighted by Gasteiger charge is 2.18. The van der Waals surface area contributed by atoms with E-state index in [2.05, 4.69) is 107 Å². The van der Waals surface area contributed by atoms with Crippen LogP contribution in [-0.2, 0) is 23.9 Å². The van der Waals surface area contributed by atoms with E-state index in [-0.39, 0.29) is 23.5 Å². The maximum atomic E-state index is 11.9. The number of carbonyl (C=O) groups is 4. The molecule has 0 aromatic heterocycles. The van der Waals surface area contributed by atoms with Crippen LogP contribution in [0.5, 0.6) is 11.5 Å². The summed E-state index contributed by atoms with van der Waals surface area (Å²) in [6.07, 6.45) is 24.9. The standard InChI is InChI=1S/C44H48N2O5.C40H40N2O5/c1-44(2,3)51-42(47)21-15-7-5-4-6-8-16-30-50-41-31-35(24-27-36(41)32-37(33-45)43(48)49)23-22-34-25-28-40(29-26-34)46(38-17-11-9-12-18-38)39-19-13-10-14-20-39;41-30-34(40(45)46)29-33-24-21-32(28-38(33)47-27-13-5-3-1-2-4-12-18-39(43)44)20-19-31-22-25-37(26-23-31)42(35-14-8-6-9-15-35)36-16-10-7-11-17-36/h9-14,17-20,22-29,31-32H,4-8,15-16,21,30H2,1-3H3,(H,48,49);6-11,14-17,19-26,28-29H,1-5,12-13,18,27H2,(H,43,44)(H,45,46)/b23-22+,37-32-;20-19+,34-29-. The molecule has 3 N–H and O–H groups in total. The van der Waals surface area contributed by atoms with Gasteiger partial charge in [-0.05, 0) is 166 Å². The topological polar surface area (TPSA) is 211 Å². The minimum absolute atomic E-state index is 0.137. The van der Waals surface area contributed by atoms with E-state index in [1.54, 1.807) is 24.3 Å². The molecule has 0 atom stereocenters. The van der Waals surface area contributed by atoms with Gasteiger partial charge in [-0.2, -0.15) is 10.5 Å². The summed E-state index contributed by atoms with van der Waals surface area (Å²) >= 11 is 0. The SMILES string of the molecule is CC(C)(C)OC(=O)CCCCCCCCCOc1cc(/C=C/c2ccc(N(c3ccccc3)c3ccccc3)cc2)ccc1/C=C(/C#N)C(=O)O.N#C/C(=C/c1ccc(/C=C/c2ccc(N(c3ccccc3)c3ccccc3)cc2)cc1OCCCCCCCCCC(=O)O)C(=O)O. The molecule has 0 saturated heterocycles. The third-order valence-corrected chi connectivity index (χ3v) is 15.7. The number of benzene rings is 8. The Morgan fingerprint density at radius 2 is 0.684 bits per heavy atom. The largest absolute Gasteiger partial charge is 0.493 e. The van der Waals surface area contributed by atoms with E-state index in [1.807, 2.05) is 142 Å². The average Bonchev–Trinajstić information content (AvgIpc) is 0.830. The maximum Gasteiger partial charge on any atom is 0.346 e. The summed E-state index contributed by atoms with van der Waals surface area (Å²) < 4.78 is 17.6. The Morgan fingerprint density at radius 3 is 1.00 bits per heavy atom. The van der Waals surface area contributed by atoms with Gasteiger partial charge in [0.1, 0.15) is 40.4 Å². The molecule has 0 unspecified atom stereocenters. The Bertz CT molecular complexity index is 3940. The summed E-state index contributed by atoms with van der Waals surface area (Å²) in [6, 6.07) is 72.2. The molecule has 14 heteroatoms. The molecule has 504 valence electrons. The average molecular weight is 1310 g/mol. The molecule has 14 nitrogen and oxygen atoms in total. The van der Waals surface area contributed by atoms with Gasteiger partial charge in [0, 0.05) is 58.1 Å². The molecule has 0 aliphatic rings. The number of unbranched alkanes of at least 4 members (excludes halogenated alkanes) is 12. The second kappa shape index (κ2) is 40.2. The lowest BCUT2D eigenvalue weighted by atomic mass is 10.1. The van der Waals surface area contributed by atoms with Crippen LogP contribution < -0.4 is 19.3 Å². The number of rotatable bonds is 36. The Hall–Kier alpha value is -11.2. The van der Waals surface area contributed by atoms with Crippen molar-refractivity contribution in [2.45, 2.75) is 129 Å². The molecular weight excluding hydrogens is 1220 g/mol. The van der Waals surface area contributed by atoms with Gasteiger partial charge in [0.25, 0.3) is 0 Å². The fourth-order valence-electron chi connectivity index (χ4n) is 10.7. The highest BCUT2D eigenvalue weighted by Crippen LogP contribution is 2.37. The van der Waals surface area contributed by atoms with Crippen LogP contribution in [0.2, 0.25) is 0 Å². The van der Waals surface area contributed by atoms with Crippen LogP contribution in [0.3, 0.4) is 0 Å². The molecule has 8 rings (SSSR count). The van der Waals surface area contributed by atoms with Crippen LogP contribution >= 0.6 is 0 Å². The second-order valence-electron chi connectivity index (χ2n) is 24.5. The number of hydrogen-bond acceptors (Lipinski definition) is 11. The van der Waals surface area contributed by atoms with Gasteiger partial charge in [0.05, 0.1) is 13.2 Å². The number of anilines is 6. The number of ether oxygens (including phenoxy) is 3. The van der Waals surface area contributed by atoms with Crippen LogP contribution in [-0.4, -0.2) is 58.0 Å². The van der Waals surface area contributed by atoms with Crippen molar-refractivity contribution in [1.82, 2.24) is 0 Å². The van der Waals surface area contributed by atoms with Crippen molar-refractivity contribution in [1.29, 1.82) is 10.5 Å². The Kier molecular flexibility index (Phi) is 30.5. The number of aliphatic carboxylic acids is 3. The van der Waals surface area contributed by atoms with Crippen molar-refractivity contribution in [3.8, 4) is 23.6 Å². The molecule has 0 aliphatic heterocycles. The van der Waals surface area contributed by atoms with Crippen molar-refractivity contribution in [2.24, 2.45) is 0 Å². The van der Waals surface area contributed by atoms with Gasteiger partial charge in [-0.25, -0.2) is 9.59 Å². The fraction of sp³-hybridized carbons (Fsp3) is 0.262. The summed E-state index contributed by atoms with van der Waals surface area (Å²) in [4.78, 5) is 49.9. The fourth-order valence-corrected chi connectivity index (χ4v) is 10.7. The molecule has 0 spiro atoms. The van der Waals surface area contributed by atoms with Crippen LogP contribution in [0, 0.1) is 22.7 Å². The van der Waals surface area contributed by atoms with E-state index in [9.17, 15) is 39.9 Å². The third kappa shape index (κ3) is 25.8. The first-order valence-corrected chi connectivity index (χ1v) is 33.6. The van der Waals surface area contributed by atoms with Gasteiger partial charge in [-0.3, -0.25) is 9.59 Å². The molecule has 8 aromatic rings. The number of nitrogens with zero attached hydrogens (tertiary/aromatic N) is 4. The number of esters is 1. The van der Waals surface area contributed by atoms with E-state index in [0.29, 0.717) is 48.7 Å². The molecule has 98 heavy (non-hydrogen) atoms. The Balaban J connectivity index is 0.000000277. The van der Waals surface area contributed by atoms with E-state index in [0.717, 1.165) is 140 Å². The summed E-state index contributed by atoms with van der Waals surface area (Å²) in [7, 11) is 0. The van der Waals surface area contributed by atoms with Crippen molar-refractivity contribution in [2.75, 3.05) is 23.0 Å². The Labute approximate surface area is 577 Å². The predicted octanol–water partition coefficient (Wildman–Crippen LogP) is 21.1. The minimum atomic E-state index is -1.28. The van der Waals surface area contributed by atoms with Gasteiger partial charge >= 0.3 is 23.9 Å². The molecule has 0 aliphatic carbocycles. The highest BCUT2D eigenvalue weighted by atomic mass is 16.6. The number of carbonyl (C=O) groups excluding carboxylic acids is 1. The first-order valence-electron chi connectivity index (χ1n) is 33.6. The zero-order valence-electron chi connectivity index (χ0n) is 56.3. The quantitative estimate of drug-likeness (QED) is 0.0110. The van der Waals surface area contributed by atoms with Crippen molar-refractivity contribution in [3.63, 3.8) is 0 Å². The lowest BCUT2D eigenvalue weighted by Gasteiger charge is -2.25. The first-order chi connectivity index (χ1) is 47.6. The lowest BCUT2D eigenvalue weighted by Crippen LogP contribution is -2.23. The number of para-hydroxylation sites is 4. The first kappa shape index (κ1) is 74.2. The molecule has 0 amide bonds. The van der Waals surface area contributed by atoms with Crippen molar-refractivity contribution in [3.05, 3.63) is 251 Å². The van der Waals surface area contributed by atoms with Gasteiger partial charge in [0.2, 0.25) is 0 Å². The summed E-state index contributed by atoms with van der Waals surface area (Å²) in [5.74, 6) is -2.39. The van der Waals surface area contributed by atoms with Crippen LogP contribution in [0.25, 0.3) is 36.5 Å². The zero-order chi connectivity index (χ0) is 69.7. The maximum absolute atomic E-state index is 11.9. The number of carboxylic acids is 3. The molecule has 0 radical (unpaired) electrons. The summed E-state index contributed by atoms with van der Waals surface area (Å²) in [5.41, 5.74) is 10.1. The molecule has 0 fully saturated rings. The molecule has 0 bridgehead atoms. The second-order valence-corrected chi connectivity index (χ2v) is 24.5. The number of hydrogen-bond donors (Lipinski definition) is 3. The molecule has 0 heterocycles. The van der Waals surface area contributed by atoms with E-state index in [4.69, 9.17) is 19.3 Å². The third-order valence-electron chi connectivity index (χ3n) is 15.7. The zero-order valence-corrected chi connectivity index (χ0v) is 56.3. The Morgan fingerprint density at radius 1 is 0.388 bits per heavy atom. The number of nitriles is 2. The summed E-state index contributed by atoms with van der Waals surface area (Å²) in [6.45, 7) is 6.58. The molecular formula is C84H88N4O10. The van der Waals surface area contributed by atoms with Gasteiger partial charge < -0.3 is 39.3 Å². The van der Waals surface area contributed by atoms with Gasteiger partial charge in [-0.15, -0.1) is 0 Å². The monoisotopic (exact) mass is 1310 g/mol. The van der Waals surface area contributed by atoms with Crippen molar-refractivity contribution >= 4 is 94.5 Å². The molecule has 8 aromatic carbocycles. The summed E-state index contributed by atoms with van der Waals surface area (Å²) in [5, 5.41) is 46.2. The number of carboxylic acid groups (broad SMARTS) is 3. The van der Waals surface area contributed by atoms with Gasteiger partial charge in [-0.1, -0.05) is 210 Å². The van der Waals surface area contributed by atoms with Crippen LogP contribution in [0.4, 0.5) is 34.1 Å². The predicted molar refractivity (Wildman–Crippen MR) is 394 cm³/mol. The lowest BCUT2D eigenvalue weighted by molar-refractivity contribution is -0.155. The normalized spacial score (nSPS) is 11.4. The van der Waals surface area contributed by atoms with E-state index >= 15 is 0 Å². The molecule has 0 saturated carbocycles. The van der Waals surface area contributed by atoms with Crippen LogP contribution in [0.15, 0.2) is 217 Å². The van der Waals surface area contributed by atoms with Crippen molar-refractivity contribution < 1.29 is 48.7 Å².